The SMILES string of the molecule is COCc1cc(C)nc(OCC(=O)NN=Cc2ccc(O)cc2O)c1C#N. The number of ether oxygens (including phenoxy) is 2. The van der Waals surface area contributed by atoms with E-state index in [1.807, 2.05) is 6.07 Å². The number of carbonyl (C=O) groups is 1. The summed E-state index contributed by atoms with van der Waals surface area (Å²) in [7, 11) is 1.51. The van der Waals surface area contributed by atoms with Gasteiger partial charge in [0.1, 0.15) is 23.1 Å². The molecule has 0 radical (unpaired) electrons. The van der Waals surface area contributed by atoms with E-state index in [4.69, 9.17) is 9.47 Å². The summed E-state index contributed by atoms with van der Waals surface area (Å²) in [6.45, 7) is 1.55. The van der Waals surface area contributed by atoms with Crippen molar-refractivity contribution in [1.29, 1.82) is 5.26 Å². The second-order valence-corrected chi connectivity index (χ2v) is 5.47. The van der Waals surface area contributed by atoms with Crippen molar-refractivity contribution in [2.45, 2.75) is 13.5 Å². The number of hydrogen-bond acceptors (Lipinski definition) is 8. The Balaban J connectivity index is 1.99. The number of hydrazone groups is 1. The van der Waals surface area contributed by atoms with Crippen LogP contribution in [-0.2, 0) is 16.1 Å². The van der Waals surface area contributed by atoms with E-state index >= 15 is 0 Å². The van der Waals surface area contributed by atoms with Gasteiger partial charge in [-0.2, -0.15) is 10.4 Å². The lowest BCUT2D eigenvalue weighted by Gasteiger charge is -2.10. The Morgan fingerprint density at radius 2 is 2.19 bits per heavy atom. The number of pyridine rings is 1. The van der Waals surface area contributed by atoms with Gasteiger partial charge in [0.15, 0.2) is 6.61 Å². The lowest BCUT2D eigenvalue weighted by Crippen LogP contribution is -2.25. The average molecular weight is 370 g/mol. The maximum atomic E-state index is 11.9. The molecule has 0 aliphatic heterocycles. The zero-order valence-electron chi connectivity index (χ0n) is 14.8. The predicted molar refractivity (Wildman–Crippen MR) is 95.4 cm³/mol. The molecule has 0 bridgehead atoms. The Labute approximate surface area is 155 Å². The standard InChI is InChI=1S/C18H18N4O5/c1-11-5-13(9-26-2)15(7-19)18(21-11)27-10-17(25)22-20-8-12-3-4-14(23)6-16(12)24/h3-6,8,23-24H,9-10H2,1-2H3,(H,22,25). The molecular formula is C18H18N4O5. The van der Waals surface area contributed by atoms with Gasteiger partial charge in [-0.1, -0.05) is 0 Å². The maximum Gasteiger partial charge on any atom is 0.278 e. The first-order valence-electron chi connectivity index (χ1n) is 7.80. The average Bonchev–Trinajstić information content (AvgIpc) is 2.62. The molecule has 140 valence electrons. The Kier molecular flexibility index (Phi) is 6.68. The van der Waals surface area contributed by atoms with Crippen LogP contribution < -0.4 is 10.2 Å². The first-order chi connectivity index (χ1) is 12.9. The van der Waals surface area contributed by atoms with E-state index in [1.165, 1.54) is 25.5 Å². The smallest absolute Gasteiger partial charge is 0.278 e. The van der Waals surface area contributed by atoms with Gasteiger partial charge in [-0.25, -0.2) is 10.4 Å². The fourth-order valence-electron chi connectivity index (χ4n) is 2.18. The number of phenolic OH excluding ortho intramolecular Hbond substituents is 2. The van der Waals surface area contributed by atoms with Crippen molar-refractivity contribution in [2.75, 3.05) is 13.7 Å². The van der Waals surface area contributed by atoms with E-state index in [0.717, 1.165) is 6.07 Å². The summed E-state index contributed by atoms with van der Waals surface area (Å²) in [6, 6.07) is 7.67. The van der Waals surface area contributed by atoms with Crippen molar-refractivity contribution in [2.24, 2.45) is 5.10 Å². The van der Waals surface area contributed by atoms with E-state index in [2.05, 4.69) is 15.5 Å². The molecule has 0 aliphatic carbocycles. The van der Waals surface area contributed by atoms with Crippen LogP contribution in [0.4, 0.5) is 0 Å². The number of aromatic nitrogens is 1. The zero-order chi connectivity index (χ0) is 19.8. The number of rotatable bonds is 7. The highest BCUT2D eigenvalue weighted by Gasteiger charge is 2.14. The van der Waals surface area contributed by atoms with Crippen LogP contribution in [0, 0.1) is 18.3 Å². The maximum absolute atomic E-state index is 11.9. The fourth-order valence-corrected chi connectivity index (χ4v) is 2.18. The van der Waals surface area contributed by atoms with Crippen molar-refractivity contribution < 1.29 is 24.5 Å². The molecule has 0 unspecified atom stereocenters. The summed E-state index contributed by atoms with van der Waals surface area (Å²) in [5, 5.41) is 31.8. The highest BCUT2D eigenvalue weighted by atomic mass is 16.5. The minimum Gasteiger partial charge on any atom is -0.508 e. The van der Waals surface area contributed by atoms with Crippen LogP contribution in [0.3, 0.4) is 0 Å². The summed E-state index contributed by atoms with van der Waals surface area (Å²) in [5.41, 5.74) is 3.98. The van der Waals surface area contributed by atoms with Crippen LogP contribution in [0.15, 0.2) is 29.4 Å². The van der Waals surface area contributed by atoms with Gasteiger partial charge in [-0.3, -0.25) is 4.79 Å². The first kappa shape index (κ1) is 19.7. The third kappa shape index (κ3) is 5.42. The molecule has 2 rings (SSSR count). The Hall–Kier alpha value is -3.64. The molecule has 0 saturated heterocycles. The van der Waals surface area contributed by atoms with Crippen molar-refractivity contribution in [3.63, 3.8) is 0 Å². The van der Waals surface area contributed by atoms with Gasteiger partial charge in [0.05, 0.1) is 12.8 Å². The molecule has 9 nitrogen and oxygen atoms in total. The second-order valence-electron chi connectivity index (χ2n) is 5.47. The summed E-state index contributed by atoms with van der Waals surface area (Å²) in [5.74, 6) is -0.809. The van der Waals surface area contributed by atoms with Gasteiger partial charge in [0, 0.05) is 30.0 Å². The number of phenols is 2. The van der Waals surface area contributed by atoms with E-state index in [1.54, 1.807) is 13.0 Å². The van der Waals surface area contributed by atoms with E-state index in [-0.39, 0.29) is 29.5 Å². The van der Waals surface area contributed by atoms with Gasteiger partial charge in [0.25, 0.3) is 5.91 Å². The second kappa shape index (κ2) is 9.17. The minimum absolute atomic E-state index is 0.0415. The van der Waals surface area contributed by atoms with Crippen LogP contribution in [0.1, 0.15) is 22.4 Å². The number of methoxy groups -OCH3 is 1. The molecule has 0 fully saturated rings. The normalized spacial score (nSPS) is 10.6. The number of amides is 1. The number of hydrogen-bond donors (Lipinski definition) is 3. The topological polar surface area (TPSA) is 137 Å². The van der Waals surface area contributed by atoms with E-state index in [0.29, 0.717) is 16.8 Å². The van der Waals surface area contributed by atoms with Gasteiger partial charge in [0.2, 0.25) is 5.88 Å². The molecule has 1 aromatic carbocycles. The number of aryl methyl sites for hydroxylation is 1. The first-order valence-corrected chi connectivity index (χ1v) is 7.80. The molecule has 9 heteroatoms. The van der Waals surface area contributed by atoms with Crippen LogP contribution in [-0.4, -0.2) is 41.0 Å². The van der Waals surface area contributed by atoms with Crippen molar-refractivity contribution in [3.05, 3.63) is 46.6 Å². The Morgan fingerprint density at radius 3 is 2.85 bits per heavy atom. The van der Waals surface area contributed by atoms with Crippen molar-refractivity contribution in [3.8, 4) is 23.4 Å². The predicted octanol–water partition coefficient (Wildman–Crippen LogP) is 1.35. The van der Waals surface area contributed by atoms with Gasteiger partial charge in [-0.15, -0.1) is 0 Å². The van der Waals surface area contributed by atoms with Crippen LogP contribution in [0.5, 0.6) is 17.4 Å². The molecule has 27 heavy (non-hydrogen) atoms. The van der Waals surface area contributed by atoms with Crippen molar-refractivity contribution in [1.82, 2.24) is 10.4 Å². The minimum atomic E-state index is -0.579. The van der Waals surface area contributed by atoms with Gasteiger partial charge >= 0.3 is 0 Å². The third-order valence-corrected chi connectivity index (χ3v) is 3.35. The summed E-state index contributed by atoms with van der Waals surface area (Å²) in [6.07, 6.45) is 1.22. The molecular weight excluding hydrogens is 352 g/mol. The molecule has 0 saturated carbocycles. The number of nitrogens with one attached hydrogen (secondary N) is 1. The largest absolute Gasteiger partial charge is 0.508 e. The Bertz CT molecular complexity index is 905. The Morgan fingerprint density at radius 1 is 1.41 bits per heavy atom. The molecule has 0 atom stereocenters. The fraction of sp³-hybridized carbons (Fsp3) is 0.222. The van der Waals surface area contributed by atoms with Crippen LogP contribution in [0.25, 0.3) is 0 Å². The molecule has 3 N–H and O–H groups in total. The summed E-state index contributed by atoms with van der Waals surface area (Å²) in [4.78, 5) is 16.0. The third-order valence-electron chi connectivity index (χ3n) is 3.35. The van der Waals surface area contributed by atoms with Crippen LogP contribution in [0.2, 0.25) is 0 Å². The van der Waals surface area contributed by atoms with Crippen molar-refractivity contribution >= 4 is 12.1 Å². The molecule has 0 spiro atoms. The lowest BCUT2D eigenvalue weighted by molar-refractivity contribution is -0.123. The van der Waals surface area contributed by atoms with E-state index < -0.39 is 12.5 Å². The number of nitriles is 1. The van der Waals surface area contributed by atoms with Crippen LogP contribution >= 0.6 is 0 Å². The molecule has 2 aromatic rings. The number of aromatic hydroxyl groups is 2. The van der Waals surface area contributed by atoms with E-state index in [9.17, 15) is 20.3 Å². The molecule has 1 amide bonds. The lowest BCUT2D eigenvalue weighted by atomic mass is 10.1. The molecule has 0 aliphatic rings. The number of nitrogens with zero attached hydrogens (tertiary/aromatic N) is 3. The number of carbonyl (C=O) groups excluding carboxylic acids is 1. The zero-order valence-corrected chi connectivity index (χ0v) is 14.8. The molecule has 1 heterocycles. The summed E-state index contributed by atoms with van der Waals surface area (Å²) < 4.78 is 10.4. The highest BCUT2D eigenvalue weighted by molar-refractivity contribution is 5.85. The van der Waals surface area contributed by atoms with Gasteiger partial charge < -0.3 is 19.7 Å². The molecule has 1 aromatic heterocycles. The highest BCUT2D eigenvalue weighted by Crippen LogP contribution is 2.22. The van der Waals surface area contributed by atoms with Gasteiger partial charge in [-0.05, 0) is 25.1 Å². The number of benzene rings is 1. The summed E-state index contributed by atoms with van der Waals surface area (Å²) >= 11 is 0. The monoisotopic (exact) mass is 370 g/mol. The quantitative estimate of drug-likeness (QED) is 0.494.